The Morgan fingerprint density at radius 2 is 1.02 bits per heavy atom. The molecule has 6 aromatic rings. The molecule has 13 rings (SSSR count). The maximum Gasteiger partial charge on any atom is 0.155 e. The Hall–Kier alpha value is -5.08. The first-order valence-corrected chi connectivity index (χ1v) is 22.6. The highest BCUT2D eigenvalue weighted by atomic mass is 16.5. The number of anilines is 3. The van der Waals surface area contributed by atoms with E-state index in [9.17, 15) is 0 Å². The van der Waals surface area contributed by atoms with E-state index in [1.54, 1.807) is 0 Å². The van der Waals surface area contributed by atoms with Gasteiger partial charge >= 0.3 is 0 Å². The average molecular weight is 772 g/mol. The molecule has 0 amide bonds. The van der Waals surface area contributed by atoms with E-state index in [0.29, 0.717) is 11.8 Å². The molecule has 0 atom stereocenters. The molecule has 0 radical (unpaired) electrons. The van der Waals surface area contributed by atoms with Crippen LogP contribution >= 0.6 is 0 Å². The molecule has 4 saturated carbocycles. The fourth-order valence-corrected chi connectivity index (χ4v) is 14.0. The first kappa shape index (κ1) is 35.8. The van der Waals surface area contributed by atoms with E-state index < -0.39 is 0 Å². The van der Waals surface area contributed by atoms with Crippen LogP contribution in [0.1, 0.15) is 120 Å². The Kier molecular flexibility index (Phi) is 7.44. The van der Waals surface area contributed by atoms with Gasteiger partial charge in [0, 0.05) is 38.9 Å². The van der Waals surface area contributed by atoms with Crippen LogP contribution in [0.2, 0.25) is 0 Å². The van der Waals surface area contributed by atoms with E-state index >= 15 is 0 Å². The second kappa shape index (κ2) is 12.2. The predicted molar refractivity (Wildman–Crippen MR) is 244 cm³/mol. The number of para-hydroxylation sites is 2. The lowest BCUT2D eigenvalue weighted by Gasteiger charge is -2.63. The van der Waals surface area contributed by atoms with Gasteiger partial charge < -0.3 is 9.64 Å². The summed E-state index contributed by atoms with van der Waals surface area (Å²) in [4.78, 5) is 2.58. The number of fused-ring (bicyclic) bond motifs is 6. The largest absolute Gasteiger partial charge is 0.454 e. The Balaban J connectivity index is 1.13. The topological polar surface area (TPSA) is 12.5 Å². The Labute approximate surface area is 351 Å². The van der Waals surface area contributed by atoms with E-state index in [1.807, 2.05) is 0 Å². The number of benzene rings is 6. The molecule has 0 saturated heterocycles. The molecule has 1 heterocycles. The highest BCUT2D eigenvalue weighted by molar-refractivity contribution is 5.89. The van der Waals surface area contributed by atoms with Crippen LogP contribution in [0.15, 0.2) is 127 Å². The van der Waals surface area contributed by atoms with Crippen LogP contribution in [-0.2, 0) is 21.7 Å². The molecule has 4 bridgehead atoms. The lowest BCUT2D eigenvalue weighted by Crippen LogP contribution is -2.57. The van der Waals surface area contributed by atoms with Crippen molar-refractivity contribution >= 4 is 17.1 Å². The molecule has 296 valence electrons. The number of ether oxygens (including phenoxy) is 1. The van der Waals surface area contributed by atoms with Gasteiger partial charge in [0.05, 0.1) is 5.69 Å². The Bertz CT molecular complexity index is 2670. The summed E-state index contributed by atoms with van der Waals surface area (Å²) in [6.07, 6.45) is 9.11. The van der Waals surface area contributed by atoms with Gasteiger partial charge in [-0.1, -0.05) is 139 Å². The highest BCUT2D eigenvalue weighted by Crippen LogP contribution is 2.70. The van der Waals surface area contributed by atoms with Gasteiger partial charge in [-0.05, 0) is 149 Å². The van der Waals surface area contributed by atoms with Crippen LogP contribution in [0.3, 0.4) is 0 Å². The summed E-state index contributed by atoms with van der Waals surface area (Å²) in [6, 6.07) is 49.0. The molecule has 59 heavy (non-hydrogen) atoms. The summed E-state index contributed by atoms with van der Waals surface area (Å²) in [5, 5.41) is 0. The Morgan fingerprint density at radius 1 is 0.458 bits per heavy atom. The molecule has 1 aliphatic heterocycles. The molecule has 6 aromatic carbocycles. The summed E-state index contributed by atoms with van der Waals surface area (Å²) in [7, 11) is 0. The predicted octanol–water partition coefficient (Wildman–Crippen LogP) is 15.3. The molecular formula is C57H57NO. The van der Waals surface area contributed by atoms with Gasteiger partial charge in [0.15, 0.2) is 5.75 Å². The van der Waals surface area contributed by atoms with Gasteiger partial charge in [-0.25, -0.2) is 0 Å². The van der Waals surface area contributed by atoms with Gasteiger partial charge in [-0.15, -0.1) is 0 Å². The third kappa shape index (κ3) is 4.92. The van der Waals surface area contributed by atoms with E-state index in [0.717, 1.165) is 29.0 Å². The molecule has 6 aliphatic carbocycles. The average Bonchev–Trinajstić information content (AvgIpc) is 3.46. The second-order valence-corrected chi connectivity index (χ2v) is 21.2. The number of hydrogen-bond acceptors (Lipinski definition) is 2. The summed E-state index contributed by atoms with van der Waals surface area (Å²) < 4.78 is 7.68. The van der Waals surface area contributed by atoms with Crippen LogP contribution < -0.4 is 9.64 Å². The first-order valence-electron chi connectivity index (χ1n) is 22.6. The van der Waals surface area contributed by atoms with Crippen molar-refractivity contribution in [3.8, 4) is 33.8 Å². The van der Waals surface area contributed by atoms with Crippen molar-refractivity contribution in [2.75, 3.05) is 4.90 Å². The summed E-state index contributed by atoms with van der Waals surface area (Å²) >= 11 is 0. The van der Waals surface area contributed by atoms with Crippen molar-refractivity contribution in [2.45, 2.75) is 108 Å². The van der Waals surface area contributed by atoms with Gasteiger partial charge in [0.25, 0.3) is 0 Å². The van der Waals surface area contributed by atoms with Crippen molar-refractivity contribution in [2.24, 2.45) is 23.7 Å². The Morgan fingerprint density at radius 3 is 1.75 bits per heavy atom. The summed E-state index contributed by atoms with van der Waals surface area (Å²) in [5.41, 5.74) is 17.3. The second-order valence-electron chi connectivity index (χ2n) is 21.2. The van der Waals surface area contributed by atoms with Crippen LogP contribution in [-0.4, -0.2) is 0 Å². The minimum absolute atomic E-state index is 0.0771. The van der Waals surface area contributed by atoms with Crippen LogP contribution in [0.5, 0.6) is 11.5 Å². The minimum Gasteiger partial charge on any atom is -0.454 e. The zero-order valence-electron chi connectivity index (χ0n) is 35.7. The summed E-state index contributed by atoms with van der Waals surface area (Å²) in [5.74, 6) is 5.07. The number of rotatable bonds is 4. The van der Waals surface area contributed by atoms with Gasteiger partial charge in [-0.2, -0.15) is 0 Å². The van der Waals surface area contributed by atoms with Crippen molar-refractivity contribution in [3.05, 3.63) is 161 Å². The molecule has 2 nitrogen and oxygen atoms in total. The standard InChI is InChI=1S/C57H57NO/c1-54(2)26-27-55(3,4)50-34-41(23-25-46(50)54)58(40-22-24-44-43-16-10-11-18-45(43)56(5,6)49(44)33-40)51-21-13-20-48-53(51)59-52-42(37-14-8-7-9-15-37)17-12-19-47(52)57(48)38-29-35-28-36(31-38)32-39(57)30-35/h7-25,33-36,38-39H,26-32H2,1-6H3. The highest BCUT2D eigenvalue weighted by Gasteiger charge is 2.62. The van der Waals surface area contributed by atoms with E-state index in [2.05, 4.69) is 174 Å². The molecule has 7 aliphatic rings. The fourth-order valence-electron chi connectivity index (χ4n) is 14.0. The smallest absolute Gasteiger partial charge is 0.155 e. The molecule has 0 N–H and O–H groups in total. The molecule has 1 spiro atoms. The zero-order valence-corrected chi connectivity index (χ0v) is 35.7. The van der Waals surface area contributed by atoms with Crippen molar-refractivity contribution in [1.82, 2.24) is 0 Å². The first-order chi connectivity index (χ1) is 28.4. The third-order valence-electron chi connectivity index (χ3n) is 16.8. The molecule has 4 fully saturated rings. The van der Waals surface area contributed by atoms with E-state index in [4.69, 9.17) is 4.74 Å². The van der Waals surface area contributed by atoms with Crippen LogP contribution in [0.4, 0.5) is 17.1 Å². The fraction of sp³-hybridized carbons (Fsp3) is 0.368. The van der Waals surface area contributed by atoms with Crippen LogP contribution in [0, 0.1) is 23.7 Å². The molecule has 0 aromatic heterocycles. The summed E-state index contributed by atoms with van der Waals surface area (Å²) in [6.45, 7) is 14.6. The van der Waals surface area contributed by atoms with Gasteiger partial charge in [0.1, 0.15) is 5.75 Å². The van der Waals surface area contributed by atoms with Crippen molar-refractivity contribution < 1.29 is 4.74 Å². The monoisotopic (exact) mass is 771 g/mol. The minimum atomic E-state index is -0.115. The van der Waals surface area contributed by atoms with Gasteiger partial charge in [0.2, 0.25) is 0 Å². The number of nitrogens with zero attached hydrogens (tertiary/aromatic N) is 1. The van der Waals surface area contributed by atoms with Crippen molar-refractivity contribution in [3.63, 3.8) is 0 Å². The maximum absolute atomic E-state index is 7.68. The normalized spacial score (nSPS) is 26.6. The van der Waals surface area contributed by atoms with E-state index in [-0.39, 0.29) is 21.7 Å². The van der Waals surface area contributed by atoms with Gasteiger partial charge in [-0.3, -0.25) is 0 Å². The number of hydrogen-bond donors (Lipinski definition) is 0. The SMILES string of the molecule is CC1(C)CCC(C)(C)c2cc(N(c3ccc4c(c3)C(C)(C)c3ccccc3-4)c3cccc4c3Oc3c(-c5ccccc5)cccc3C43C4CC5CC(C4)CC3C5)ccc21. The molecule has 2 heteroatoms. The van der Waals surface area contributed by atoms with Crippen molar-refractivity contribution in [1.29, 1.82) is 0 Å². The zero-order chi connectivity index (χ0) is 40.1. The lowest BCUT2D eigenvalue weighted by atomic mass is 9.41. The quantitative estimate of drug-likeness (QED) is 0.177. The molecule has 0 unspecified atom stereocenters. The third-order valence-corrected chi connectivity index (χ3v) is 16.8. The maximum atomic E-state index is 7.68. The van der Waals surface area contributed by atoms with Crippen LogP contribution in [0.25, 0.3) is 22.3 Å². The molecular weight excluding hydrogens is 715 g/mol. The van der Waals surface area contributed by atoms with E-state index in [1.165, 1.54) is 112 Å². The lowest BCUT2D eigenvalue weighted by molar-refractivity contribution is -0.0451.